The van der Waals surface area contributed by atoms with Crippen molar-refractivity contribution < 1.29 is 9.47 Å². The van der Waals surface area contributed by atoms with Crippen molar-refractivity contribution >= 4 is 23.5 Å². The Bertz CT molecular complexity index is 2520. The van der Waals surface area contributed by atoms with Gasteiger partial charge < -0.3 is 9.47 Å². The number of benzene rings is 7. The molecule has 2 aliphatic heterocycles. The highest BCUT2D eigenvalue weighted by molar-refractivity contribution is 8.00. The van der Waals surface area contributed by atoms with Crippen LogP contribution in [0, 0.1) is 0 Å². The lowest BCUT2D eigenvalue weighted by Crippen LogP contribution is -2.15. The second-order valence-corrected chi connectivity index (χ2v) is 17.5. The SMILES string of the molecule is CC1(C)c2cc(-c3cccc(-c4ccc5c(c4)C(C)(C)c4ccc6c(c4-5)Oc4ccccc4S6)c3)ccc2-c2c1ccc1c2Oc2ccccc2S1. The van der Waals surface area contributed by atoms with Crippen molar-refractivity contribution in [1.29, 1.82) is 0 Å². The molecule has 0 aromatic heterocycles. The first-order valence-corrected chi connectivity index (χ1v) is 19.5. The summed E-state index contributed by atoms with van der Waals surface area (Å²) in [5, 5.41) is 0. The van der Waals surface area contributed by atoms with Gasteiger partial charge in [0.15, 0.2) is 0 Å². The highest BCUT2D eigenvalue weighted by Crippen LogP contribution is 2.60. The highest BCUT2D eigenvalue weighted by atomic mass is 32.2. The summed E-state index contributed by atoms with van der Waals surface area (Å²) in [5.74, 6) is 3.84. The molecular formula is C48H34O2S2. The third-order valence-electron chi connectivity index (χ3n) is 11.6. The van der Waals surface area contributed by atoms with Gasteiger partial charge in [-0.3, -0.25) is 0 Å². The van der Waals surface area contributed by atoms with Gasteiger partial charge >= 0.3 is 0 Å². The Morgan fingerprint density at radius 2 is 0.827 bits per heavy atom. The molecule has 0 unspecified atom stereocenters. The number of hydrogen-bond donors (Lipinski definition) is 0. The molecule has 7 aromatic rings. The van der Waals surface area contributed by atoms with Gasteiger partial charge in [0.25, 0.3) is 0 Å². The maximum absolute atomic E-state index is 6.63. The van der Waals surface area contributed by atoms with Crippen LogP contribution in [0.2, 0.25) is 0 Å². The van der Waals surface area contributed by atoms with Gasteiger partial charge in [-0.2, -0.15) is 0 Å². The second kappa shape index (κ2) is 10.7. The molecule has 0 bridgehead atoms. The van der Waals surface area contributed by atoms with Crippen molar-refractivity contribution in [2.45, 2.75) is 58.1 Å². The molecule has 0 spiro atoms. The molecule has 2 nitrogen and oxygen atoms in total. The summed E-state index contributed by atoms with van der Waals surface area (Å²) in [7, 11) is 0. The molecule has 2 aliphatic carbocycles. The molecule has 0 fully saturated rings. The van der Waals surface area contributed by atoms with Gasteiger partial charge in [0, 0.05) is 22.0 Å². The Balaban J connectivity index is 0.963. The van der Waals surface area contributed by atoms with Crippen molar-refractivity contribution in [2.75, 3.05) is 0 Å². The number of fused-ring (bicyclic) bond motifs is 12. The predicted octanol–water partition coefficient (Wildman–Crippen LogP) is 14.1. The van der Waals surface area contributed by atoms with E-state index in [9.17, 15) is 0 Å². The molecule has 250 valence electrons. The van der Waals surface area contributed by atoms with Gasteiger partial charge in [-0.05, 0) is 110 Å². The molecule has 7 aromatic carbocycles. The van der Waals surface area contributed by atoms with E-state index in [4.69, 9.17) is 9.47 Å². The fourth-order valence-electron chi connectivity index (χ4n) is 8.85. The van der Waals surface area contributed by atoms with Crippen LogP contribution in [0.1, 0.15) is 49.9 Å². The largest absolute Gasteiger partial charge is 0.454 e. The lowest BCUT2D eigenvalue weighted by molar-refractivity contribution is 0.455. The van der Waals surface area contributed by atoms with E-state index in [1.807, 2.05) is 12.1 Å². The molecular weight excluding hydrogens is 673 g/mol. The predicted molar refractivity (Wildman–Crippen MR) is 214 cm³/mol. The fraction of sp³-hybridized carbons (Fsp3) is 0.125. The van der Waals surface area contributed by atoms with Gasteiger partial charge in [-0.15, -0.1) is 0 Å². The first-order valence-electron chi connectivity index (χ1n) is 17.9. The number of ether oxygens (including phenoxy) is 2. The van der Waals surface area contributed by atoms with Crippen LogP contribution < -0.4 is 9.47 Å². The molecule has 0 amide bonds. The van der Waals surface area contributed by atoms with Crippen LogP contribution in [-0.4, -0.2) is 0 Å². The number of rotatable bonds is 2. The van der Waals surface area contributed by atoms with Crippen molar-refractivity contribution in [3.05, 3.63) is 156 Å². The fourth-order valence-corrected chi connectivity index (χ4v) is 10.8. The standard InChI is InChI=1S/C48H34O2S2/c1-47(2)33-20-22-41-45(49-37-12-5-7-14-39(37)51-41)43(33)31-18-16-29(25-35(31)47)27-10-9-11-28(24-27)30-17-19-32-36(26-30)48(3,4)34-21-23-42-46(44(32)34)50-38-13-6-8-15-40(38)52-42/h5-26H,1-4H3. The first kappa shape index (κ1) is 30.5. The lowest BCUT2D eigenvalue weighted by Gasteiger charge is -2.25. The van der Waals surface area contributed by atoms with Crippen LogP contribution >= 0.6 is 23.5 Å². The molecule has 0 saturated carbocycles. The van der Waals surface area contributed by atoms with Crippen molar-refractivity contribution in [1.82, 2.24) is 0 Å². The Labute approximate surface area is 312 Å². The summed E-state index contributed by atoms with van der Waals surface area (Å²) in [5.41, 5.74) is 14.9. The van der Waals surface area contributed by atoms with Crippen LogP contribution in [0.4, 0.5) is 0 Å². The van der Waals surface area contributed by atoms with Gasteiger partial charge in [0.1, 0.15) is 23.0 Å². The summed E-state index contributed by atoms with van der Waals surface area (Å²) >= 11 is 3.60. The molecule has 0 radical (unpaired) electrons. The van der Waals surface area contributed by atoms with E-state index in [-0.39, 0.29) is 10.8 Å². The van der Waals surface area contributed by atoms with Gasteiger partial charge in [0.2, 0.25) is 0 Å². The normalized spacial score (nSPS) is 15.8. The maximum atomic E-state index is 6.63. The summed E-state index contributed by atoms with van der Waals surface area (Å²) in [6.07, 6.45) is 0. The smallest absolute Gasteiger partial charge is 0.149 e. The van der Waals surface area contributed by atoms with E-state index in [0.29, 0.717) is 0 Å². The molecule has 4 heteroatoms. The third-order valence-corrected chi connectivity index (χ3v) is 13.8. The summed E-state index contributed by atoms with van der Waals surface area (Å²) in [6.45, 7) is 9.38. The maximum Gasteiger partial charge on any atom is 0.149 e. The van der Waals surface area contributed by atoms with Gasteiger partial charge in [0.05, 0.1) is 19.6 Å². The van der Waals surface area contributed by atoms with Crippen LogP contribution in [0.3, 0.4) is 0 Å². The van der Waals surface area contributed by atoms with E-state index in [1.165, 1.54) is 76.6 Å². The topological polar surface area (TPSA) is 18.5 Å². The Morgan fingerprint density at radius 1 is 0.385 bits per heavy atom. The van der Waals surface area contributed by atoms with Crippen LogP contribution in [0.15, 0.2) is 153 Å². The minimum atomic E-state index is -0.150. The van der Waals surface area contributed by atoms with E-state index >= 15 is 0 Å². The first-order chi connectivity index (χ1) is 25.3. The zero-order valence-corrected chi connectivity index (χ0v) is 31.0. The lowest BCUT2D eigenvalue weighted by atomic mass is 9.81. The molecule has 0 saturated heterocycles. The van der Waals surface area contributed by atoms with E-state index < -0.39 is 0 Å². The van der Waals surface area contributed by atoms with Gasteiger partial charge in [-0.1, -0.05) is 130 Å². The van der Waals surface area contributed by atoms with Crippen LogP contribution in [0.5, 0.6) is 23.0 Å². The van der Waals surface area contributed by atoms with Crippen molar-refractivity contribution in [3.8, 4) is 67.5 Å². The highest BCUT2D eigenvalue weighted by Gasteiger charge is 2.41. The molecule has 0 N–H and O–H groups in total. The average molecular weight is 707 g/mol. The molecule has 0 atom stereocenters. The van der Waals surface area contributed by atoms with E-state index in [2.05, 4.69) is 149 Å². The number of hydrogen-bond acceptors (Lipinski definition) is 4. The van der Waals surface area contributed by atoms with E-state index in [1.54, 1.807) is 23.5 Å². The Kier molecular flexibility index (Phi) is 6.26. The summed E-state index contributed by atoms with van der Waals surface area (Å²) < 4.78 is 13.3. The van der Waals surface area contributed by atoms with Crippen molar-refractivity contribution in [2.24, 2.45) is 0 Å². The quantitative estimate of drug-likeness (QED) is 0.178. The number of para-hydroxylation sites is 2. The third kappa shape index (κ3) is 4.22. The molecule has 11 rings (SSSR count). The molecule has 52 heavy (non-hydrogen) atoms. The Morgan fingerprint density at radius 3 is 1.31 bits per heavy atom. The monoisotopic (exact) mass is 706 g/mol. The van der Waals surface area contributed by atoms with Gasteiger partial charge in [-0.25, -0.2) is 0 Å². The summed E-state index contributed by atoms with van der Waals surface area (Å²) in [6, 6.07) is 48.8. The van der Waals surface area contributed by atoms with E-state index in [0.717, 1.165) is 32.8 Å². The molecule has 2 heterocycles. The second-order valence-electron chi connectivity index (χ2n) is 15.3. The molecule has 4 aliphatic rings. The van der Waals surface area contributed by atoms with Crippen LogP contribution in [-0.2, 0) is 10.8 Å². The van der Waals surface area contributed by atoms with Crippen molar-refractivity contribution in [3.63, 3.8) is 0 Å². The summed E-state index contributed by atoms with van der Waals surface area (Å²) in [4.78, 5) is 4.68. The minimum absolute atomic E-state index is 0.150. The zero-order chi connectivity index (χ0) is 34.9. The minimum Gasteiger partial charge on any atom is -0.454 e. The van der Waals surface area contributed by atoms with Crippen LogP contribution in [0.25, 0.3) is 44.5 Å². The average Bonchev–Trinajstić information content (AvgIpc) is 3.55. The Hall–Kier alpha value is -5.16. The zero-order valence-electron chi connectivity index (χ0n) is 29.3.